The molecule has 1 aliphatic carbocycles. The lowest BCUT2D eigenvalue weighted by Gasteiger charge is -2.38. The number of hydrogen-bond donors (Lipinski definition) is 3. The molecule has 1 heterocycles. The van der Waals surface area contributed by atoms with Crippen LogP contribution in [0.3, 0.4) is 0 Å². The van der Waals surface area contributed by atoms with E-state index in [1.54, 1.807) is 29.2 Å². The highest BCUT2D eigenvalue weighted by atomic mass is 16.4. The summed E-state index contributed by atoms with van der Waals surface area (Å²) in [5, 5.41) is 11.7. The molecule has 0 aliphatic heterocycles. The van der Waals surface area contributed by atoms with E-state index in [2.05, 4.69) is 5.32 Å². The molecule has 1 aromatic heterocycles. The van der Waals surface area contributed by atoms with Crippen LogP contribution in [0.1, 0.15) is 61.9 Å². The monoisotopic (exact) mass is 470 g/mol. The minimum atomic E-state index is -1.27. The molecule has 1 aliphatic rings. The van der Waals surface area contributed by atoms with E-state index in [-0.39, 0.29) is 24.4 Å². The van der Waals surface area contributed by atoms with Gasteiger partial charge in [-0.2, -0.15) is 0 Å². The van der Waals surface area contributed by atoms with Crippen LogP contribution in [0.2, 0.25) is 0 Å². The molecule has 1 unspecified atom stereocenters. The molecule has 0 radical (unpaired) electrons. The summed E-state index contributed by atoms with van der Waals surface area (Å²) in [6, 6.07) is 11.3. The largest absolute Gasteiger partial charge is 0.465 e. The maximum Gasteiger partial charge on any atom is 0.405 e. The van der Waals surface area contributed by atoms with E-state index in [0.717, 1.165) is 32.1 Å². The molecule has 184 valence electrons. The topological polar surface area (TPSA) is 129 Å². The first-order chi connectivity index (χ1) is 16.5. The minimum absolute atomic E-state index is 0.00172. The summed E-state index contributed by atoms with van der Waals surface area (Å²) in [6.45, 7) is 0.464. The number of nitrogens with zero attached hydrogens (tertiary/aromatic N) is 2. The number of carbonyl (C=O) groups excluding carboxylic acids is 2. The standard InChI is InChI=1S/C25H34N4O5/c26-16-8-7-14-21(27-25(32)33)23(30)28(19-10-3-1-4-11-19)18-29(20-12-5-2-6-13-20)24(31)22-15-9-17-34-22/h1,3-4,9-11,15,17,20-21,27H,2,5-8,12-14,16,18,26H2,(H,32,33). The fourth-order valence-electron chi connectivity index (χ4n) is 4.41. The highest BCUT2D eigenvalue weighted by Gasteiger charge is 2.33. The number of para-hydroxylation sites is 1. The molecule has 1 aromatic carbocycles. The smallest absolute Gasteiger partial charge is 0.405 e. The maximum absolute atomic E-state index is 13.7. The Bertz CT molecular complexity index is 913. The number of carbonyl (C=O) groups is 3. The number of amides is 3. The zero-order valence-electron chi connectivity index (χ0n) is 19.4. The van der Waals surface area contributed by atoms with E-state index in [9.17, 15) is 19.5 Å². The van der Waals surface area contributed by atoms with Gasteiger partial charge in [0.15, 0.2) is 5.76 Å². The Labute approximate surface area is 199 Å². The Hall–Kier alpha value is -3.33. The van der Waals surface area contributed by atoms with Crippen molar-refractivity contribution in [3.05, 3.63) is 54.5 Å². The Morgan fingerprint density at radius 1 is 1.06 bits per heavy atom. The van der Waals surface area contributed by atoms with Gasteiger partial charge < -0.3 is 25.5 Å². The van der Waals surface area contributed by atoms with Gasteiger partial charge in [-0.15, -0.1) is 0 Å². The van der Waals surface area contributed by atoms with Crippen LogP contribution in [-0.2, 0) is 4.79 Å². The first kappa shape index (κ1) is 25.3. The van der Waals surface area contributed by atoms with Gasteiger partial charge in [0.05, 0.1) is 6.26 Å². The SMILES string of the molecule is NCCCCC(NC(=O)O)C(=O)N(CN(C(=O)c1ccco1)C1CCCCC1)c1ccccc1. The Morgan fingerprint density at radius 3 is 2.41 bits per heavy atom. The number of rotatable bonds is 11. The lowest BCUT2D eigenvalue weighted by Crippen LogP contribution is -2.54. The first-order valence-electron chi connectivity index (χ1n) is 11.9. The minimum Gasteiger partial charge on any atom is -0.465 e. The van der Waals surface area contributed by atoms with Crippen LogP contribution in [0.25, 0.3) is 0 Å². The fourth-order valence-corrected chi connectivity index (χ4v) is 4.41. The van der Waals surface area contributed by atoms with Crippen LogP contribution in [0, 0.1) is 0 Å². The van der Waals surface area contributed by atoms with E-state index >= 15 is 0 Å². The van der Waals surface area contributed by atoms with Crippen LogP contribution in [0.5, 0.6) is 0 Å². The second-order valence-electron chi connectivity index (χ2n) is 8.57. The second kappa shape index (κ2) is 12.8. The van der Waals surface area contributed by atoms with E-state index < -0.39 is 18.0 Å². The second-order valence-corrected chi connectivity index (χ2v) is 8.57. The van der Waals surface area contributed by atoms with Gasteiger partial charge >= 0.3 is 6.09 Å². The van der Waals surface area contributed by atoms with Gasteiger partial charge in [0.25, 0.3) is 11.8 Å². The van der Waals surface area contributed by atoms with Gasteiger partial charge in [0, 0.05) is 11.7 Å². The van der Waals surface area contributed by atoms with Crippen molar-refractivity contribution < 1.29 is 23.9 Å². The van der Waals surface area contributed by atoms with Crippen LogP contribution in [0.15, 0.2) is 53.1 Å². The van der Waals surface area contributed by atoms with Gasteiger partial charge in [0.2, 0.25) is 0 Å². The van der Waals surface area contributed by atoms with Crippen LogP contribution < -0.4 is 16.0 Å². The van der Waals surface area contributed by atoms with Crippen molar-refractivity contribution in [2.75, 3.05) is 18.1 Å². The first-order valence-corrected chi connectivity index (χ1v) is 11.9. The molecule has 2 aromatic rings. The Balaban J connectivity index is 1.92. The molecule has 0 spiro atoms. The van der Waals surface area contributed by atoms with Gasteiger partial charge in [-0.1, -0.05) is 37.5 Å². The summed E-state index contributed by atoms with van der Waals surface area (Å²) in [5.74, 6) is -0.468. The van der Waals surface area contributed by atoms with E-state index in [1.807, 2.05) is 18.2 Å². The number of carboxylic acid groups (broad SMARTS) is 1. The molecule has 9 heteroatoms. The molecule has 0 saturated heterocycles. The quantitative estimate of drug-likeness (QED) is 0.338. The number of anilines is 1. The molecule has 1 atom stereocenters. The van der Waals surface area contributed by atoms with Gasteiger partial charge in [-0.3, -0.25) is 14.5 Å². The van der Waals surface area contributed by atoms with Crippen molar-refractivity contribution in [1.29, 1.82) is 0 Å². The summed E-state index contributed by atoms with van der Waals surface area (Å²) in [7, 11) is 0. The third-order valence-electron chi connectivity index (χ3n) is 6.18. The van der Waals surface area contributed by atoms with Crippen molar-refractivity contribution in [3.8, 4) is 0 Å². The predicted octanol–water partition coefficient (Wildman–Crippen LogP) is 3.81. The molecule has 4 N–H and O–H groups in total. The fraction of sp³-hybridized carbons (Fsp3) is 0.480. The summed E-state index contributed by atoms with van der Waals surface area (Å²) in [4.78, 5) is 41.8. The van der Waals surface area contributed by atoms with Crippen molar-refractivity contribution in [3.63, 3.8) is 0 Å². The zero-order valence-corrected chi connectivity index (χ0v) is 19.4. The van der Waals surface area contributed by atoms with Gasteiger partial charge in [0.1, 0.15) is 12.7 Å². The van der Waals surface area contributed by atoms with E-state index in [0.29, 0.717) is 31.5 Å². The van der Waals surface area contributed by atoms with Crippen molar-refractivity contribution in [2.45, 2.75) is 63.5 Å². The lowest BCUT2D eigenvalue weighted by atomic mass is 9.94. The summed E-state index contributed by atoms with van der Waals surface area (Å²) in [6.07, 6.45) is 6.62. The van der Waals surface area contributed by atoms with Crippen molar-refractivity contribution >= 4 is 23.6 Å². The third kappa shape index (κ3) is 6.84. The number of hydrogen-bond acceptors (Lipinski definition) is 5. The van der Waals surface area contributed by atoms with E-state index in [1.165, 1.54) is 11.2 Å². The number of unbranched alkanes of at least 4 members (excludes halogenated alkanes) is 1. The molecular formula is C25H34N4O5. The van der Waals surface area contributed by atoms with Gasteiger partial charge in [-0.05, 0) is 62.9 Å². The number of benzene rings is 1. The molecular weight excluding hydrogens is 436 g/mol. The maximum atomic E-state index is 13.7. The van der Waals surface area contributed by atoms with Gasteiger partial charge in [-0.25, -0.2) is 4.79 Å². The highest BCUT2D eigenvalue weighted by Crippen LogP contribution is 2.26. The summed E-state index contributed by atoms with van der Waals surface area (Å²) in [5.41, 5.74) is 6.18. The van der Waals surface area contributed by atoms with Crippen LogP contribution in [0.4, 0.5) is 10.5 Å². The lowest BCUT2D eigenvalue weighted by molar-refractivity contribution is -0.121. The Morgan fingerprint density at radius 2 is 1.79 bits per heavy atom. The predicted molar refractivity (Wildman–Crippen MR) is 128 cm³/mol. The number of nitrogens with one attached hydrogen (secondary N) is 1. The molecule has 9 nitrogen and oxygen atoms in total. The van der Waals surface area contributed by atoms with E-state index in [4.69, 9.17) is 10.2 Å². The third-order valence-corrected chi connectivity index (χ3v) is 6.18. The number of nitrogens with two attached hydrogens (primary N) is 1. The number of furan rings is 1. The molecule has 34 heavy (non-hydrogen) atoms. The average Bonchev–Trinajstić information content (AvgIpc) is 3.39. The molecule has 1 saturated carbocycles. The average molecular weight is 471 g/mol. The molecule has 3 rings (SSSR count). The summed E-state index contributed by atoms with van der Waals surface area (Å²) < 4.78 is 5.38. The molecule has 1 fully saturated rings. The summed E-state index contributed by atoms with van der Waals surface area (Å²) >= 11 is 0. The van der Waals surface area contributed by atoms with Crippen LogP contribution >= 0.6 is 0 Å². The molecule has 3 amide bonds. The zero-order chi connectivity index (χ0) is 24.3. The highest BCUT2D eigenvalue weighted by molar-refractivity contribution is 5.99. The van der Waals surface area contributed by atoms with Crippen molar-refractivity contribution in [2.24, 2.45) is 5.73 Å². The van der Waals surface area contributed by atoms with Crippen molar-refractivity contribution in [1.82, 2.24) is 10.2 Å². The molecule has 0 bridgehead atoms. The van der Waals surface area contributed by atoms with Crippen LogP contribution in [-0.4, -0.2) is 53.2 Å². The normalized spacial score (nSPS) is 14.9. The Kier molecular flexibility index (Phi) is 9.51.